The van der Waals surface area contributed by atoms with Crippen LogP contribution in [-0.4, -0.2) is 24.2 Å². The molecule has 14 heavy (non-hydrogen) atoms. The molecular formula is C11H23NO2. The van der Waals surface area contributed by atoms with E-state index in [1.165, 1.54) is 0 Å². The number of hydrogen-bond acceptors (Lipinski definition) is 2. The molecule has 0 aromatic heterocycles. The highest BCUT2D eigenvalue weighted by Gasteiger charge is 2.15. The summed E-state index contributed by atoms with van der Waals surface area (Å²) in [4.78, 5) is 10.8. The van der Waals surface area contributed by atoms with Crippen LogP contribution in [0, 0.1) is 5.92 Å². The van der Waals surface area contributed by atoms with Crippen molar-refractivity contribution >= 4 is 5.97 Å². The van der Waals surface area contributed by atoms with Crippen molar-refractivity contribution in [3.05, 3.63) is 0 Å². The fourth-order valence-corrected chi connectivity index (χ4v) is 1.34. The van der Waals surface area contributed by atoms with Crippen LogP contribution in [0.1, 0.15) is 46.0 Å². The summed E-state index contributed by atoms with van der Waals surface area (Å²) in [6, 6.07) is 0. The molecule has 0 fully saturated rings. The van der Waals surface area contributed by atoms with Gasteiger partial charge >= 0.3 is 5.97 Å². The van der Waals surface area contributed by atoms with Crippen LogP contribution >= 0.6 is 0 Å². The standard InChI is InChI=1S/C11H23NO2/c1-3-5-7-10(11(13)14)9-12-8-6-4-2/h10,12H,3-9H2,1-2H3,(H,13,14). The van der Waals surface area contributed by atoms with Crippen molar-refractivity contribution in [2.45, 2.75) is 46.0 Å². The third-order valence-electron chi connectivity index (χ3n) is 2.35. The number of aliphatic carboxylic acids is 1. The second kappa shape index (κ2) is 9.00. The monoisotopic (exact) mass is 201 g/mol. The van der Waals surface area contributed by atoms with Gasteiger partial charge in [0.25, 0.3) is 0 Å². The fourth-order valence-electron chi connectivity index (χ4n) is 1.34. The normalized spacial score (nSPS) is 12.7. The predicted molar refractivity (Wildman–Crippen MR) is 58.4 cm³/mol. The van der Waals surface area contributed by atoms with E-state index in [4.69, 9.17) is 5.11 Å². The van der Waals surface area contributed by atoms with Crippen molar-refractivity contribution in [1.29, 1.82) is 0 Å². The quantitative estimate of drug-likeness (QED) is 0.563. The van der Waals surface area contributed by atoms with Crippen LogP contribution in [0.3, 0.4) is 0 Å². The molecule has 1 atom stereocenters. The molecule has 0 amide bonds. The maximum atomic E-state index is 10.8. The molecule has 0 aliphatic heterocycles. The van der Waals surface area contributed by atoms with Crippen LogP contribution in [0.5, 0.6) is 0 Å². The van der Waals surface area contributed by atoms with E-state index in [1.54, 1.807) is 0 Å². The maximum absolute atomic E-state index is 10.8. The molecule has 0 heterocycles. The summed E-state index contributed by atoms with van der Waals surface area (Å²) >= 11 is 0. The molecule has 0 aliphatic carbocycles. The Bertz CT molecular complexity index is 148. The highest BCUT2D eigenvalue weighted by atomic mass is 16.4. The molecule has 0 aromatic carbocycles. The van der Waals surface area contributed by atoms with Crippen LogP contribution in [0.4, 0.5) is 0 Å². The molecule has 0 aromatic rings. The molecule has 0 spiro atoms. The summed E-state index contributed by atoms with van der Waals surface area (Å²) in [5, 5.41) is 12.1. The van der Waals surface area contributed by atoms with Crippen molar-refractivity contribution in [3.63, 3.8) is 0 Å². The van der Waals surface area contributed by atoms with Gasteiger partial charge in [0, 0.05) is 6.54 Å². The third-order valence-corrected chi connectivity index (χ3v) is 2.35. The van der Waals surface area contributed by atoms with Crippen molar-refractivity contribution in [1.82, 2.24) is 5.32 Å². The molecule has 1 unspecified atom stereocenters. The zero-order valence-electron chi connectivity index (χ0n) is 9.38. The van der Waals surface area contributed by atoms with Crippen LogP contribution in [-0.2, 0) is 4.79 Å². The Labute approximate surface area is 86.9 Å². The Kier molecular flexibility index (Phi) is 8.64. The van der Waals surface area contributed by atoms with E-state index in [2.05, 4.69) is 19.2 Å². The van der Waals surface area contributed by atoms with E-state index >= 15 is 0 Å². The minimum absolute atomic E-state index is 0.202. The molecule has 2 N–H and O–H groups in total. The van der Waals surface area contributed by atoms with Crippen molar-refractivity contribution < 1.29 is 9.90 Å². The van der Waals surface area contributed by atoms with Gasteiger partial charge in [-0.05, 0) is 19.4 Å². The summed E-state index contributed by atoms with van der Waals surface area (Å²) in [7, 11) is 0. The van der Waals surface area contributed by atoms with Crippen LogP contribution in [0.2, 0.25) is 0 Å². The Morgan fingerprint density at radius 2 is 1.93 bits per heavy atom. The Hall–Kier alpha value is -0.570. The van der Waals surface area contributed by atoms with Crippen molar-refractivity contribution in [2.75, 3.05) is 13.1 Å². The zero-order chi connectivity index (χ0) is 10.8. The first-order valence-electron chi connectivity index (χ1n) is 5.65. The predicted octanol–water partition coefficient (Wildman–Crippen LogP) is 2.27. The molecule has 3 nitrogen and oxygen atoms in total. The van der Waals surface area contributed by atoms with E-state index in [0.29, 0.717) is 6.54 Å². The number of unbranched alkanes of at least 4 members (excludes halogenated alkanes) is 2. The summed E-state index contributed by atoms with van der Waals surface area (Å²) in [5.41, 5.74) is 0. The van der Waals surface area contributed by atoms with E-state index in [1.807, 2.05) is 0 Å². The topological polar surface area (TPSA) is 49.3 Å². The SMILES string of the molecule is CCCCNCC(CCCC)C(=O)O. The van der Waals surface area contributed by atoms with Crippen LogP contribution in [0.25, 0.3) is 0 Å². The minimum Gasteiger partial charge on any atom is -0.481 e. The number of carboxylic acid groups (broad SMARTS) is 1. The second-order valence-electron chi connectivity index (χ2n) is 3.74. The van der Waals surface area contributed by atoms with Gasteiger partial charge in [0.15, 0.2) is 0 Å². The maximum Gasteiger partial charge on any atom is 0.307 e. The number of carbonyl (C=O) groups is 1. The summed E-state index contributed by atoms with van der Waals surface area (Å²) in [6.45, 7) is 5.78. The minimum atomic E-state index is -0.664. The van der Waals surface area contributed by atoms with Crippen LogP contribution in [0.15, 0.2) is 0 Å². The van der Waals surface area contributed by atoms with Gasteiger partial charge in [-0.1, -0.05) is 33.1 Å². The van der Waals surface area contributed by atoms with Gasteiger partial charge < -0.3 is 10.4 Å². The largest absolute Gasteiger partial charge is 0.481 e. The van der Waals surface area contributed by atoms with Crippen molar-refractivity contribution in [2.24, 2.45) is 5.92 Å². The lowest BCUT2D eigenvalue weighted by Gasteiger charge is -2.12. The molecule has 0 saturated heterocycles. The smallest absolute Gasteiger partial charge is 0.307 e. The van der Waals surface area contributed by atoms with Gasteiger partial charge in [-0.3, -0.25) is 4.79 Å². The number of nitrogens with one attached hydrogen (secondary N) is 1. The lowest BCUT2D eigenvalue weighted by Crippen LogP contribution is -2.29. The van der Waals surface area contributed by atoms with E-state index in [0.717, 1.165) is 38.6 Å². The zero-order valence-corrected chi connectivity index (χ0v) is 9.38. The second-order valence-corrected chi connectivity index (χ2v) is 3.74. The highest BCUT2D eigenvalue weighted by Crippen LogP contribution is 2.07. The lowest BCUT2D eigenvalue weighted by atomic mass is 10.0. The van der Waals surface area contributed by atoms with Gasteiger partial charge in [0.1, 0.15) is 0 Å². The number of rotatable bonds is 9. The highest BCUT2D eigenvalue weighted by molar-refractivity contribution is 5.70. The molecule has 0 aliphatic rings. The van der Waals surface area contributed by atoms with Gasteiger partial charge in [0.2, 0.25) is 0 Å². The molecule has 0 bridgehead atoms. The summed E-state index contributed by atoms with van der Waals surface area (Å²) < 4.78 is 0. The van der Waals surface area contributed by atoms with E-state index in [9.17, 15) is 4.79 Å². The first-order valence-corrected chi connectivity index (χ1v) is 5.65. The summed E-state index contributed by atoms with van der Waals surface area (Å²) in [6.07, 6.45) is 5.15. The molecule has 3 heteroatoms. The lowest BCUT2D eigenvalue weighted by molar-refractivity contribution is -0.141. The average molecular weight is 201 g/mol. The van der Waals surface area contributed by atoms with E-state index in [-0.39, 0.29) is 5.92 Å². The first kappa shape index (κ1) is 13.4. The summed E-state index contributed by atoms with van der Waals surface area (Å²) in [5.74, 6) is -0.866. The molecule has 0 saturated carbocycles. The average Bonchev–Trinajstić information content (AvgIpc) is 2.16. The first-order chi connectivity index (χ1) is 6.72. The molecule has 0 radical (unpaired) electrons. The van der Waals surface area contributed by atoms with Gasteiger partial charge in [-0.2, -0.15) is 0 Å². The van der Waals surface area contributed by atoms with Gasteiger partial charge in [-0.15, -0.1) is 0 Å². The van der Waals surface area contributed by atoms with Crippen LogP contribution < -0.4 is 5.32 Å². The van der Waals surface area contributed by atoms with Gasteiger partial charge in [-0.25, -0.2) is 0 Å². The van der Waals surface area contributed by atoms with Gasteiger partial charge in [0.05, 0.1) is 5.92 Å². The molecule has 0 rings (SSSR count). The molecule has 84 valence electrons. The Morgan fingerprint density at radius 3 is 2.43 bits per heavy atom. The number of hydrogen-bond donors (Lipinski definition) is 2. The van der Waals surface area contributed by atoms with Crippen molar-refractivity contribution in [3.8, 4) is 0 Å². The number of carboxylic acids is 1. The fraction of sp³-hybridized carbons (Fsp3) is 0.909. The Morgan fingerprint density at radius 1 is 1.29 bits per heavy atom. The third kappa shape index (κ3) is 6.89. The molecular weight excluding hydrogens is 178 g/mol. The Balaban J connectivity index is 3.57. The van der Waals surface area contributed by atoms with E-state index < -0.39 is 5.97 Å².